The third-order valence-electron chi connectivity index (χ3n) is 8.13. The molecule has 2 aliphatic heterocycles. The number of nitrogens with zero attached hydrogens (tertiary/aromatic N) is 1. The van der Waals surface area contributed by atoms with E-state index in [2.05, 4.69) is 20.9 Å². The third kappa shape index (κ3) is 4.54. The van der Waals surface area contributed by atoms with Gasteiger partial charge in [-0.1, -0.05) is 0 Å². The molecule has 7 rings (SSSR count). The number of hydrogen-bond donors (Lipinski definition) is 4. The number of carbonyl (C=O) groups excluding carboxylic acids is 2. The van der Waals surface area contributed by atoms with Crippen molar-refractivity contribution in [2.75, 3.05) is 5.32 Å². The Morgan fingerprint density at radius 3 is 2.67 bits per heavy atom. The number of benzene rings is 2. The molecule has 2 aromatic carbocycles. The van der Waals surface area contributed by atoms with Gasteiger partial charge >= 0.3 is 12.3 Å². The zero-order valence-corrected chi connectivity index (χ0v) is 21.7. The third-order valence-corrected chi connectivity index (χ3v) is 8.13. The highest BCUT2D eigenvalue weighted by atomic mass is 19.4. The van der Waals surface area contributed by atoms with Crippen molar-refractivity contribution >= 4 is 23.7 Å². The zero-order chi connectivity index (χ0) is 29.4. The molecule has 3 amide bonds. The van der Waals surface area contributed by atoms with Gasteiger partial charge in [-0.2, -0.15) is 13.2 Å². The summed E-state index contributed by atoms with van der Waals surface area (Å²) in [5.41, 5.74) is -0.698. The average molecular weight is 581 g/mol. The van der Waals surface area contributed by atoms with Crippen LogP contribution in [0, 0.1) is 0 Å². The molecule has 4 N–H and O–H groups in total. The average Bonchev–Trinajstić information content (AvgIpc) is 3.82. The van der Waals surface area contributed by atoms with Crippen molar-refractivity contribution in [2.24, 2.45) is 0 Å². The van der Waals surface area contributed by atoms with Crippen molar-refractivity contribution in [2.45, 2.75) is 55.5 Å². The van der Waals surface area contributed by atoms with Gasteiger partial charge in [-0.25, -0.2) is 9.78 Å². The monoisotopic (exact) mass is 580 g/mol. The van der Waals surface area contributed by atoms with Crippen LogP contribution >= 0.6 is 0 Å². The molecule has 13 heteroatoms. The second-order valence-electron chi connectivity index (χ2n) is 10.9. The summed E-state index contributed by atoms with van der Waals surface area (Å²) in [5.74, 6) is 1.12. The number of ether oxygens (including phenoxy) is 2. The van der Waals surface area contributed by atoms with Crippen LogP contribution in [-0.4, -0.2) is 40.1 Å². The van der Waals surface area contributed by atoms with Gasteiger partial charge in [0.15, 0.2) is 0 Å². The minimum atomic E-state index is -4.72. The first kappa shape index (κ1) is 26.1. The summed E-state index contributed by atoms with van der Waals surface area (Å²) in [7, 11) is 0. The number of carbonyl (C=O) groups is 3. The van der Waals surface area contributed by atoms with E-state index in [4.69, 9.17) is 14.6 Å². The minimum absolute atomic E-state index is 0.0992. The molecule has 0 bridgehead atoms. The van der Waals surface area contributed by atoms with E-state index in [1.54, 1.807) is 30.5 Å². The maximum atomic E-state index is 13.7. The van der Waals surface area contributed by atoms with Gasteiger partial charge in [0.25, 0.3) is 5.91 Å². The highest BCUT2D eigenvalue weighted by Crippen LogP contribution is 2.55. The Hall–Kier alpha value is -4.81. The molecule has 0 saturated heterocycles. The van der Waals surface area contributed by atoms with Gasteiger partial charge < -0.3 is 30.5 Å². The van der Waals surface area contributed by atoms with Gasteiger partial charge in [0, 0.05) is 29.3 Å². The summed E-state index contributed by atoms with van der Waals surface area (Å²) < 4.78 is 53.2. The van der Waals surface area contributed by atoms with Crippen molar-refractivity contribution in [3.8, 4) is 17.2 Å². The lowest BCUT2D eigenvalue weighted by Crippen LogP contribution is -2.34. The number of hydrogen-bond acceptors (Lipinski definition) is 6. The minimum Gasteiger partial charge on any atom is -0.487 e. The van der Waals surface area contributed by atoms with Crippen LogP contribution in [0.15, 0.2) is 48.7 Å². The van der Waals surface area contributed by atoms with Crippen molar-refractivity contribution in [3.05, 3.63) is 76.5 Å². The van der Waals surface area contributed by atoms with E-state index in [9.17, 15) is 27.6 Å². The molecular weight excluding hydrogens is 557 g/mol. The lowest BCUT2D eigenvalue weighted by atomic mass is 9.97. The summed E-state index contributed by atoms with van der Waals surface area (Å²) >= 11 is 0. The Morgan fingerprint density at radius 2 is 1.93 bits per heavy atom. The van der Waals surface area contributed by atoms with Gasteiger partial charge in [-0.3, -0.25) is 9.59 Å². The fourth-order valence-corrected chi connectivity index (χ4v) is 5.81. The Balaban J connectivity index is 1.10. The standard InChI is InChI=1S/C29H23F3N4O6/c30-29(31,32)15-10-13(9-14(11-15)28(6-7-28)36-27(39)40)26(38)35-23-22-18-12-16(1-3-19(18)42-24(22)23)41-20-5-8-33-25-17(20)2-4-21(37)34-25/h1,3,5,8-12,22-24,36H,2,4,6-7H2,(H,35,38)(H,39,40)(H,33,34,37)/t22-,23-,24-/m0/s1. The number of pyridine rings is 1. The van der Waals surface area contributed by atoms with Crippen LogP contribution in [0.25, 0.3) is 0 Å². The van der Waals surface area contributed by atoms with Crippen LogP contribution in [0.5, 0.6) is 17.2 Å². The van der Waals surface area contributed by atoms with Crippen molar-refractivity contribution in [1.82, 2.24) is 15.6 Å². The maximum Gasteiger partial charge on any atom is 0.416 e. The number of amides is 3. The van der Waals surface area contributed by atoms with E-state index in [-0.39, 0.29) is 29.1 Å². The SMILES string of the molecule is O=C(O)NC1(c2cc(C(=O)N[C@@H]3[C@H]4Oc5ccc(Oc6ccnc7c6CCC(=O)N7)cc5[C@@H]34)cc(C(F)(F)F)c2)CC1. The molecule has 3 heterocycles. The molecule has 3 atom stereocenters. The van der Waals surface area contributed by atoms with E-state index >= 15 is 0 Å². The first-order chi connectivity index (χ1) is 20.0. The van der Waals surface area contributed by atoms with Gasteiger partial charge in [0.1, 0.15) is 29.2 Å². The number of fused-ring (bicyclic) bond motifs is 4. The topological polar surface area (TPSA) is 139 Å². The van der Waals surface area contributed by atoms with Crippen LogP contribution in [0.1, 0.15) is 57.8 Å². The smallest absolute Gasteiger partial charge is 0.416 e. The number of carboxylic acid groups (broad SMARTS) is 1. The first-order valence-corrected chi connectivity index (χ1v) is 13.3. The summed E-state index contributed by atoms with van der Waals surface area (Å²) in [6.07, 6.45) is -3.43. The van der Waals surface area contributed by atoms with Crippen LogP contribution in [0.3, 0.4) is 0 Å². The number of nitrogens with one attached hydrogen (secondary N) is 3. The Morgan fingerprint density at radius 1 is 1.12 bits per heavy atom. The Kier molecular flexibility index (Phi) is 5.66. The molecule has 4 aliphatic rings. The predicted octanol–water partition coefficient (Wildman–Crippen LogP) is 4.69. The van der Waals surface area contributed by atoms with Crippen molar-refractivity contribution in [1.29, 1.82) is 0 Å². The summed E-state index contributed by atoms with van der Waals surface area (Å²) in [4.78, 5) is 40.3. The molecular formula is C29H23F3N4O6. The quantitative estimate of drug-likeness (QED) is 0.332. The molecule has 2 saturated carbocycles. The molecule has 3 aromatic rings. The van der Waals surface area contributed by atoms with Gasteiger partial charge in [0.05, 0.1) is 23.1 Å². The van der Waals surface area contributed by atoms with Crippen molar-refractivity contribution < 1.29 is 42.1 Å². The molecule has 42 heavy (non-hydrogen) atoms. The Bertz CT molecular complexity index is 1670. The van der Waals surface area contributed by atoms with E-state index < -0.39 is 35.3 Å². The number of alkyl halides is 3. The Labute approximate surface area is 236 Å². The second-order valence-corrected chi connectivity index (χ2v) is 10.9. The first-order valence-electron chi connectivity index (χ1n) is 13.3. The number of halogens is 3. The summed E-state index contributed by atoms with van der Waals surface area (Å²) in [6, 6.07) is 9.52. The normalized spacial score (nSPS) is 22.5. The van der Waals surface area contributed by atoms with E-state index in [0.29, 0.717) is 48.7 Å². The predicted molar refractivity (Wildman–Crippen MR) is 140 cm³/mol. The van der Waals surface area contributed by atoms with Crippen LogP contribution in [0.4, 0.5) is 23.8 Å². The molecule has 2 aliphatic carbocycles. The van der Waals surface area contributed by atoms with Gasteiger partial charge in [-0.05, 0) is 67.3 Å². The fourth-order valence-electron chi connectivity index (χ4n) is 5.81. The highest BCUT2D eigenvalue weighted by Gasteiger charge is 2.60. The molecule has 216 valence electrons. The number of rotatable bonds is 6. The summed E-state index contributed by atoms with van der Waals surface area (Å²) in [6.45, 7) is 0. The molecule has 1 aromatic heterocycles. The van der Waals surface area contributed by atoms with Gasteiger partial charge in [0.2, 0.25) is 5.91 Å². The number of anilines is 1. The lowest BCUT2D eigenvalue weighted by Gasteiger charge is -2.19. The maximum absolute atomic E-state index is 13.7. The summed E-state index contributed by atoms with van der Waals surface area (Å²) in [5, 5.41) is 17.0. The largest absolute Gasteiger partial charge is 0.487 e. The molecule has 0 spiro atoms. The van der Waals surface area contributed by atoms with Gasteiger partial charge in [-0.15, -0.1) is 0 Å². The molecule has 10 nitrogen and oxygen atoms in total. The highest BCUT2D eigenvalue weighted by molar-refractivity contribution is 5.95. The van der Waals surface area contributed by atoms with Crippen LogP contribution < -0.4 is 25.4 Å². The van der Waals surface area contributed by atoms with Crippen molar-refractivity contribution in [3.63, 3.8) is 0 Å². The van der Waals surface area contributed by atoms with Crippen LogP contribution in [-0.2, 0) is 22.9 Å². The molecule has 0 unspecified atom stereocenters. The number of aromatic nitrogens is 1. The fraction of sp³-hybridized carbons (Fsp3) is 0.310. The molecule has 2 fully saturated rings. The zero-order valence-electron chi connectivity index (χ0n) is 21.7. The van der Waals surface area contributed by atoms with E-state index in [0.717, 1.165) is 23.3 Å². The van der Waals surface area contributed by atoms with Crippen LogP contribution in [0.2, 0.25) is 0 Å². The second kappa shape index (κ2) is 9.10. The van der Waals surface area contributed by atoms with E-state index in [1.807, 2.05) is 0 Å². The van der Waals surface area contributed by atoms with E-state index in [1.165, 1.54) is 6.07 Å². The lowest BCUT2D eigenvalue weighted by molar-refractivity contribution is -0.137. The molecule has 0 radical (unpaired) electrons.